The standard InChI is InChI=1S/C17H15N3O2S/c1-10-4-3-5-12(8-10)16(22)19-13-6-7-15-14(9-13)20-17(23-15)18-11(2)21/h3-9H,1-2H3,(H,19,22)(H,18,20,21). The third-order valence-corrected chi connectivity index (χ3v) is 4.16. The van der Waals surface area contributed by atoms with Gasteiger partial charge in [-0.15, -0.1) is 0 Å². The summed E-state index contributed by atoms with van der Waals surface area (Å²) in [5, 5.41) is 6.08. The molecule has 0 aliphatic carbocycles. The van der Waals surface area contributed by atoms with Crippen LogP contribution in [0.15, 0.2) is 42.5 Å². The summed E-state index contributed by atoms with van der Waals surface area (Å²) in [4.78, 5) is 27.7. The van der Waals surface area contributed by atoms with E-state index in [9.17, 15) is 9.59 Å². The molecule has 0 aliphatic rings. The maximum absolute atomic E-state index is 12.3. The molecule has 116 valence electrons. The molecule has 0 saturated carbocycles. The molecule has 0 unspecified atom stereocenters. The molecule has 0 saturated heterocycles. The predicted molar refractivity (Wildman–Crippen MR) is 93.1 cm³/mol. The van der Waals surface area contributed by atoms with Crippen molar-refractivity contribution in [2.24, 2.45) is 0 Å². The zero-order valence-corrected chi connectivity index (χ0v) is 13.5. The molecule has 0 aliphatic heterocycles. The van der Waals surface area contributed by atoms with Crippen LogP contribution in [0.4, 0.5) is 10.8 Å². The first-order valence-electron chi connectivity index (χ1n) is 7.07. The van der Waals surface area contributed by atoms with Crippen molar-refractivity contribution in [3.8, 4) is 0 Å². The Hall–Kier alpha value is -2.73. The highest BCUT2D eigenvalue weighted by molar-refractivity contribution is 7.22. The summed E-state index contributed by atoms with van der Waals surface area (Å²) < 4.78 is 0.947. The number of amides is 2. The SMILES string of the molecule is CC(=O)Nc1nc2cc(NC(=O)c3cccc(C)c3)ccc2s1. The molecule has 0 fully saturated rings. The van der Waals surface area contributed by atoms with E-state index in [1.54, 1.807) is 12.1 Å². The molecule has 23 heavy (non-hydrogen) atoms. The quantitative estimate of drug-likeness (QED) is 0.769. The molecule has 2 amide bonds. The van der Waals surface area contributed by atoms with E-state index in [2.05, 4.69) is 15.6 Å². The second kappa shape index (κ2) is 6.18. The Labute approximate surface area is 137 Å². The van der Waals surface area contributed by atoms with Crippen LogP contribution in [0.25, 0.3) is 10.2 Å². The number of anilines is 2. The molecule has 6 heteroatoms. The fourth-order valence-corrected chi connectivity index (χ4v) is 3.09. The predicted octanol–water partition coefficient (Wildman–Crippen LogP) is 3.82. The first-order chi connectivity index (χ1) is 11.0. The first-order valence-corrected chi connectivity index (χ1v) is 7.89. The van der Waals surface area contributed by atoms with Crippen LogP contribution in [-0.4, -0.2) is 16.8 Å². The highest BCUT2D eigenvalue weighted by Gasteiger charge is 2.09. The molecule has 0 bridgehead atoms. The van der Waals surface area contributed by atoms with Gasteiger partial charge >= 0.3 is 0 Å². The third-order valence-electron chi connectivity index (χ3n) is 3.21. The Kier molecular flexibility index (Phi) is 4.08. The van der Waals surface area contributed by atoms with Gasteiger partial charge in [0.15, 0.2) is 5.13 Å². The lowest BCUT2D eigenvalue weighted by Crippen LogP contribution is -2.11. The van der Waals surface area contributed by atoms with Gasteiger partial charge in [0, 0.05) is 18.2 Å². The van der Waals surface area contributed by atoms with Crippen molar-refractivity contribution in [3.05, 3.63) is 53.6 Å². The van der Waals surface area contributed by atoms with E-state index in [-0.39, 0.29) is 11.8 Å². The van der Waals surface area contributed by atoms with Gasteiger partial charge in [0.25, 0.3) is 5.91 Å². The molecule has 0 atom stereocenters. The number of thiazole rings is 1. The topological polar surface area (TPSA) is 71.1 Å². The van der Waals surface area contributed by atoms with Crippen molar-refractivity contribution in [1.82, 2.24) is 4.98 Å². The second-order valence-corrected chi connectivity index (χ2v) is 6.24. The van der Waals surface area contributed by atoms with Crippen LogP contribution in [0.5, 0.6) is 0 Å². The van der Waals surface area contributed by atoms with Crippen LogP contribution >= 0.6 is 11.3 Å². The molecular weight excluding hydrogens is 310 g/mol. The van der Waals surface area contributed by atoms with Crippen LogP contribution in [0, 0.1) is 6.92 Å². The average Bonchev–Trinajstić information content (AvgIpc) is 2.87. The fourth-order valence-electron chi connectivity index (χ4n) is 2.20. The van der Waals surface area contributed by atoms with E-state index in [0.29, 0.717) is 16.4 Å². The monoisotopic (exact) mass is 325 g/mol. The normalized spacial score (nSPS) is 10.5. The van der Waals surface area contributed by atoms with Gasteiger partial charge in [-0.1, -0.05) is 29.0 Å². The molecule has 0 spiro atoms. The highest BCUT2D eigenvalue weighted by Crippen LogP contribution is 2.28. The van der Waals surface area contributed by atoms with E-state index >= 15 is 0 Å². The van der Waals surface area contributed by atoms with Crippen LogP contribution in [0.1, 0.15) is 22.8 Å². The third kappa shape index (κ3) is 3.54. The number of hydrogen-bond acceptors (Lipinski definition) is 4. The number of rotatable bonds is 3. The van der Waals surface area contributed by atoms with Gasteiger partial charge in [0.1, 0.15) is 0 Å². The molecule has 3 rings (SSSR count). The summed E-state index contributed by atoms with van der Waals surface area (Å²) >= 11 is 1.40. The molecule has 1 aromatic heterocycles. The number of aromatic nitrogens is 1. The Morgan fingerprint density at radius 1 is 1.09 bits per heavy atom. The number of nitrogens with one attached hydrogen (secondary N) is 2. The number of carbonyl (C=O) groups is 2. The van der Waals surface area contributed by atoms with E-state index in [1.165, 1.54) is 18.3 Å². The van der Waals surface area contributed by atoms with Gasteiger partial charge in [0.05, 0.1) is 10.2 Å². The first kappa shape index (κ1) is 15.2. The average molecular weight is 325 g/mol. The van der Waals surface area contributed by atoms with Crippen LogP contribution in [-0.2, 0) is 4.79 Å². The lowest BCUT2D eigenvalue weighted by Gasteiger charge is -2.05. The molecule has 2 N–H and O–H groups in total. The summed E-state index contributed by atoms with van der Waals surface area (Å²) in [7, 11) is 0. The molecule has 2 aromatic carbocycles. The lowest BCUT2D eigenvalue weighted by atomic mass is 10.1. The van der Waals surface area contributed by atoms with Crippen molar-refractivity contribution >= 4 is 44.2 Å². The van der Waals surface area contributed by atoms with Gasteiger partial charge in [-0.3, -0.25) is 9.59 Å². The van der Waals surface area contributed by atoms with E-state index in [0.717, 1.165) is 15.8 Å². The van der Waals surface area contributed by atoms with E-state index in [1.807, 2.05) is 37.3 Å². The number of fused-ring (bicyclic) bond motifs is 1. The maximum atomic E-state index is 12.3. The number of benzene rings is 2. The zero-order chi connectivity index (χ0) is 16.4. The van der Waals surface area contributed by atoms with Gasteiger partial charge in [-0.25, -0.2) is 4.98 Å². The van der Waals surface area contributed by atoms with Crippen molar-refractivity contribution in [3.63, 3.8) is 0 Å². The molecule has 3 aromatic rings. The fraction of sp³-hybridized carbons (Fsp3) is 0.118. The number of nitrogens with zero attached hydrogens (tertiary/aromatic N) is 1. The largest absolute Gasteiger partial charge is 0.322 e. The number of hydrogen-bond donors (Lipinski definition) is 2. The van der Waals surface area contributed by atoms with Crippen LogP contribution < -0.4 is 10.6 Å². The summed E-state index contributed by atoms with van der Waals surface area (Å²) in [5.74, 6) is -0.317. The zero-order valence-electron chi connectivity index (χ0n) is 12.7. The molecule has 1 heterocycles. The summed E-state index contributed by atoms with van der Waals surface area (Å²) in [6, 6.07) is 12.9. The van der Waals surface area contributed by atoms with Gasteiger partial charge in [-0.2, -0.15) is 0 Å². The van der Waals surface area contributed by atoms with Crippen molar-refractivity contribution in [2.75, 3.05) is 10.6 Å². The van der Waals surface area contributed by atoms with Crippen molar-refractivity contribution in [2.45, 2.75) is 13.8 Å². The van der Waals surface area contributed by atoms with Gasteiger partial charge in [-0.05, 0) is 37.3 Å². The van der Waals surface area contributed by atoms with E-state index < -0.39 is 0 Å². The minimum Gasteiger partial charge on any atom is -0.322 e. The minimum atomic E-state index is -0.162. The maximum Gasteiger partial charge on any atom is 0.255 e. The lowest BCUT2D eigenvalue weighted by molar-refractivity contribution is -0.114. The molecule has 5 nitrogen and oxygen atoms in total. The molecular formula is C17H15N3O2S. The molecule has 0 radical (unpaired) electrons. The van der Waals surface area contributed by atoms with Crippen molar-refractivity contribution < 1.29 is 9.59 Å². The summed E-state index contributed by atoms with van der Waals surface area (Å²) in [6.07, 6.45) is 0. The minimum absolute atomic E-state index is 0.156. The van der Waals surface area contributed by atoms with Crippen molar-refractivity contribution in [1.29, 1.82) is 0 Å². The smallest absolute Gasteiger partial charge is 0.255 e. The number of carbonyl (C=O) groups excluding carboxylic acids is 2. The highest BCUT2D eigenvalue weighted by atomic mass is 32.1. The Morgan fingerprint density at radius 3 is 2.65 bits per heavy atom. The Morgan fingerprint density at radius 2 is 1.91 bits per heavy atom. The second-order valence-electron chi connectivity index (χ2n) is 5.21. The van der Waals surface area contributed by atoms with E-state index in [4.69, 9.17) is 0 Å². The van der Waals surface area contributed by atoms with Crippen LogP contribution in [0.2, 0.25) is 0 Å². The van der Waals surface area contributed by atoms with Crippen LogP contribution in [0.3, 0.4) is 0 Å². The Bertz CT molecular complexity index is 902. The Balaban J connectivity index is 1.82. The number of aryl methyl sites for hydroxylation is 1. The van der Waals surface area contributed by atoms with Gasteiger partial charge < -0.3 is 10.6 Å². The summed E-state index contributed by atoms with van der Waals surface area (Å²) in [6.45, 7) is 3.39. The summed E-state index contributed by atoms with van der Waals surface area (Å²) in [5.41, 5.74) is 3.05. The van der Waals surface area contributed by atoms with Gasteiger partial charge in [0.2, 0.25) is 5.91 Å².